The highest BCUT2D eigenvalue weighted by Gasteiger charge is 2.27. The maximum absolute atomic E-state index is 13.3. The molecular formula is C20H19FN4O. The molecule has 0 spiro atoms. The summed E-state index contributed by atoms with van der Waals surface area (Å²) in [6, 6.07) is 13.8. The van der Waals surface area contributed by atoms with Crippen LogP contribution in [-0.4, -0.2) is 29.0 Å². The molecule has 6 heteroatoms. The number of amides is 1. The van der Waals surface area contributed by atoms with Crippen molar-refractivity contribution < 1.29 is 9.18 Å². The lowest BCUT2D eigenvalue weighted by Crippen LogP contribution is -2.41. The van der Waals surface area contributed by atoms with Gasteiger partial charge in [-0.15, -0.1) is 0 Å². The minimum atomic E-state index is -0.361. The summed E-state index contributed by atoms with van der Waals surface area (Å²) in [5.74, 6) is 0.249. The molecule has 3 aromatic rings. The van der Waals surface area contributed by atoms with E-state index in [1.165, 1.54) is 12.1 Å². The number of carbonyl (C=O) groups excluding carboxylic acids is 1. The molecule has 1 atom stereocenters. The molecule has 0 saturated carbocycles. The van der Waals surface area contributed by atoms with Gasteiger partial charge >= 0.3 is 0 Å². The first kappa shape index (κ1) is 16.4. The molecule has 5 nitrogen and oxygen atoms in total. The Morgan fingerprint density at radius 1 is 1.15 bits per heavy atom. The minimum Gasteiger partial charge on any atom is -0.355 e. The third-order valence-electron chi connectivity index (χ3n) is 4.71. The summed E-state index contributed by atoms with van der Waals surface area (Å²) >= 11 is 0. The zero-order valence-electron chi connectivity index (χ0n) is 14.2. The molecule has 0 radical (unpaired) electrons. The van der Waals surface area contributed by atoms with Crippen LogP contribution in [0.3, 0.4) is 0 Å². The molecule has 1 aliphatic rings. The SMILES string of the molecule is O=C(Nc1cccc(F)c1)C1CCCN(c2ncnc3ccccc23)C1. The molecule has 132 valence electrons. The normalized spacial score (nSPS) is 17.3. The number of rotatable bonds is 3. The van der Waals surface area contributed by atoms with Crippen molar-refractivity contribution in [3.05, 3.63) is 60.7 Å². The molecule has 0 bridgehead atoms. The van der Waals surface area contributed by atoms with Crippen LogP contribution in [0, 0.1) is 11.7 Å². The number of fused-ring (bicyclic) bond motifs is 1. The van der Waals surface area contributed by atoms with E-state index < -0.39 is 0 Å². The van der Waals surface area contributed by atoms with E-state index >= 15 is 0 Å². The third-order valence-corrected chi connectivity index (χ3v) is 4.71. The van der Waals surface area contributed by atoms with Crippen LogP contribution in [-0.2, 0) is 4.79 Å². The van der Waals surface area contributed by atoms with Gasteiger partial charge in [0.2, 0.25) is 5.91 Å². The van der Waals surface area contributed by atoms with Crippen LogP contribution < -0.4 is 10.2 Å². The van der Waals surface area contributed by atoms with Gasteiger partial charge < -0.3 is 10.2 Å². The highest BCUT2D eigenvalue weighted by Crippen LogP contribution is 2.28. The molecule has 2 aromatic carbocycles. The summed E-state index contributed by atoms with van der Waals surface area (Å²) < 4.78 is 13.3. The number of nitrogens with zero attached hydrogens (tertiary/aromatic N) is 3. The number of hydrogen-bond acceptors (Lipinski definition) is 4. The quantitative estimate of drug-likeness (QED) is 0.784. The lowest BCUT2D eigenvalue weighted by atomic mass is 9.96. The topological polar surface area (TPSA) is 58.1 Å². The maximum Gasteiger partial charge on any atom is 0.229 e. The number of halogens is 1. The molecule has 1 fully saturated rings. The van der Waals surface area contributed by atoms with Crippen molar-refractivity contribution in [1.29, 1.82) is 0 Å². The van der Waals surface area contributed by atoms with E-state index in [9.17, 15) is 9.18 Å². The van der Waals surface area contributed by atoms with Gasteiger partial charge in [0.25, 0.3) is 0 Å². The summed E-state index contributed by atoms with van der Waals surface area (Å²) in [5.41, 5.74) is 1.38. The molecular weight excluding hydrogens is 331 g/mol. The molecule has 1 amide bonds. The Morgan fingerprint density at radius 2 is 2.04 bits per heavy atom. The first-order chi connectivity index (χ1) is 12.7. The average Bonchev–Trinajstić information content (AvgIpc) is 2.67. The third kappa shape index (κ3) is 3.35. The lowest BCUT2D eigenvalue weighted by Gasteiger charge is -2.33. The summed E-state index contributed by atoms with van der Waals surface area (Å²) in [7, 11) is 0. The monoisotopic (exact) mass is 350 g/mol. The molecule has 0 aliphatic carbocycles. The van der Waals surface area contributed by atoms with Gasteiger partial charge in [-0.2, -0.15) is 0 Å². The van der Waals surface area contributed by atoms with E-state index in [4.69, 9.17) is 0 Å². The van der Waals surface area contributed by atoms with Crippen LogP contribution in [0.5, 0.6) is 0 Å². The van der Waals surface area contributed by atoms with Gasteiger partial charge in [0, 0.05) is 24.2 Å². The number of para-hydroxylation sites is 1. The fourth-order valence-electron chi connectivity index (χ4n) is 3.44. The van der Waals surface area contributed by atoms with Crippen LogP contribution in [0.15, 0.2) is 54.9 Å². The molecule has 1 unspecified atom stereocenters. The zero-order chi connectivity index (χ0) is 17.9. The van der Waals surface area contributed by atoms with E-state index in [0.717, 1.165) is 36.1 Å². The van der Waals surface area contributed by atoms with Crippen molar-refractivity contribution >= 4 is 28.3 Å². The van der Waals surface area contributed by atoms with E-state index in [1.807, 2.05) is 24.3 Å². The van der Waals surface area contributed by atoms with Crippen molar-refractivity contribution in [1.82, 2.24) is 9.97 Å². The second-order valence-electron chi connectivity index (χ2n) is 6.50. The Morgan fingerprint density at radius 3 is 2.92 bits per heavy atom. The standard InChI is InChI=1S/C20H19FN4O/c21-15-6-3-7-16(11-15)24-20(26)14-5-4-10-25(12-14)19-17-8-1-2-9-18(17)22-13-23-19/h1-3,6-9,11,13-14H,4-5,10,12H2,(H,24,26). The van der Waals surface area contributed by atoms with Crippen LogP contribution in [0.25, 0.3) is 10.9 Å². The van der Waals surface area contributed by atoms with Crippen LogP contribution in [0.2, 0.25) is 0 Å². The van der Waals surface area contributed by atoms with Gasteiger partial charge in [-0.05, 0) is 43.2 Å². The zero-order valence-corrected chi connectivity index (χ0v) is 14.2. The van der Waals surface area contributed by atoms with Crippen molar-refractivity contribution in [2.24, 2.45) is 5.92 Å². The molecule has 26 heavy (non-hydrogen) atoms. The molecule has 1 saturated heterocycles. The maximum atomic E-state index is 13.3. The molecule has 1 aromatic heterocycles. The number of hydrogen-bond donors (Lipinski definition) is 1. The Kier molecular flexibility index (Phi) is 4.48. The van der Waals surface area contributed by atoms with E-state index in [-0.39, 0.29) is 17.6 Å². The van der Waals surface area contributed by atoms with Crippen molar-refractivity contribution in [3.63, 3.8) is 0 Å². The van der Waals surface area contributed by atoms with Gasteiger partial charge in [-0.3, -0.25) is 4.79 Å². The van der Waals surface area contributed by atoms with Crippen LogP contribution in [0.4, 0.5) is 15.9 Å². The number of aromatic nitrogens is 2. The average molecular weight is 350 g/mol. The molecule has 2 heterocycles. The van der Waals surface area contributed by atoms with Gasteiger partial charge in [0.05, 0.1) is 11.4 Å². The second-order valence-corrected chi connectivity index (χ2v) is 6.50. The van der Waals surface area contributed by atoms with Gasteiger partial charge in [0.1, 0.15) is 18.0 Å². The van der Waals surface area contributed by atoms with E-state index in [0.29, 0.717) is 12.2 Å². The van der Waals surface area contributed by atoms with Crippen LogP contribution in [0.1, 0.15) is 12.8 Å². The number of carbonyl (C=O) groups is 1. The van der Waals surface area contributed by atoms with Crippen molar-refractivity contribution in [2.75, 3.05) is 23.3 Å². The van der Waals surface area contributed by atoms with Gasteiger partial charge in [0.15, 0.2) is 0 Å². The minimum absolute atomic E-state index is 0.0846. The Labute approximate surface area is 150 Å². The Bertz CT molecular complexity index is 941. The summed E-state index contributed by atoms with van der Waals surface area (Å²) in [6.07, 6.45) is 3.27. The first-order valence-electron chi connectivity index (χ1n) is 8.72. The first-order valence-corrected chi connectivity index (χ1v) is 8.72. The number of anilines is 2. The van der Waals surface area contributed by atoms with Crippen molar-refractivity contribution in [2.45, 2.75) is 12.8 Å². The molecule has 4 rings (SSSR count). The van der Waals surface area contributed by atoms with Gasteiger partial charge in [-0.1, -0.05) is 18.2 Å². The fourth-order valence-corrected chi connectivity index (χ4v) is 3.44. The predicted molar refractivity (Wildman–Crippen MR) is 99.5 cm³/mol. The second kappa shape index (κ2) is 7.07. The van der Waals surface area contributed by atoms with E-state index in [2.05, 4.69) is 20.2 Å². The smallest absolute Gasteiger partial charge is 0.229 e. The summed E-state index contributed by atoms with van der Waals surface area (Å²) in [5, 5.41) is 3.81. The highest BCUT2D eigenvalue weighted by molar-refractivity contribution is 5.94. The largest absolute Gasteiger partial charge is 0.355 e. The lowest BCUT2D eigenvalue weighted by molar-refractivity contribution is -0.120. The predicted octanol–water partition coefficient (Wildman–Crippen LogP) is 3.62. The Hall–Kier alpha value is -3.02. The summed E-state index contributed by atoms with van der Waals surface area (Å²) in [4.78, 5) is 23.5. The highest BCUT2D eigenvalue weighted by atomic mass is 19.1. The van der Waals surface area contributed by atoms with Gasteiger partial charge in [-0.25, -0.2) is 14.4 Å². The number of nitrogens with one attached hydrogen (secondary N) is 1. The number of piperidine rings is 1. The fraction of sp³-hybridized carbons (Fsp3) is 0.250. The van der Waals surface area contributed by atoms with E-state index in [1.54, 1.807) is 18.5 Å². The molecule has 1 N–H and O–H groups in total. The van der Waals surface area contributed by atoms with Crippen molar-refractivity contribution in [3.8, 4) is 0 Å². The van der Waals surface area contributed by atoms with Crippen LogP contribution >= 0.6 is 0 Å². The molecule has 1 aliphatic heterocycles. The Balaban J connectivity index is 1.53. The number of benzene rings is 2. The summed E-state index contributed by atoms with van der Waals surface area (Å²) in [6.45, 7) is 1.44.